The number of furan rings is 1. The SMILES string of the molecule is Fc1ccc(NCc2ccc(CSC(F)F)o2)c(Cl)c1. The summed E-state index contributed by atoms with van der Waals surface area (Å²) >= 11 is 6.37. The van der Waals surface area contributed by atoms with Gasteiger partial charge in [-0.1, -0.05) is 23.4 Å². The van der Waals surface area contributed by atoms with Gasteiger partial charge in [-0.05, 0) is 30.3 Å². The number of halogens is 4. The molecule has 0 atom stereocenters. The van der Waals surface area contributed by atoms with Crippen LogP contribution in [0.25, 0.3) is 0 Å². The summed E-state index contributed by atoms with van der Waals surface area (Å²) in [6.45, 7) is 0.338. The molecule has 2 nitrogen and oxygen atoms in total. The van der Waals surface area contributed by atoms with Crippen LogP contribution in [0.3, 0.4) is 0 Å². The molecule has 0 spiro atoms. The molecule has 0 saturated heterocycles. The zero-order chi connectivity index (χ0) is 14.5. The summed E-state index contributed by atoms with van der Waals surface area (Å²) in [5.41, 5.74) is 0.577. The third-order valence-electron chi connectivity index (χ3n) is 2.45. The zero-order valence-electron chi connectivity index (χ0n) is 10.2. The molecule has 1 heterocycles. The van der Waals surface area contributed by atoms with E-state index in [9.17, 15) is 13.2 Å². The van der Waals surface area contributed by atoms with Gasteiger partial charge in [0, 0.05) is 0 Å². The van der Waals surface area contributed by atoms with Crippen molar-refractivity contribution in [1.29, 1.82) is 0 Å². The van der Waals surface area contributed by atoms with E-state index in [4.69, 9.17) is 16.0 Å². The van der Waals surface area contributed by atoms with Crippen LogP contribution in [0.1, 0.15) is 11.5 Å². The summed E-state index contributed by atoms with van der Waals surface area (Å²) in [5.74, 6) is -1.63. The number of hydrogen-bond acceptors (Lipinski definition) is 3. The van der Waals surface area contributed by atoms with Crippen LogP contribution in [0.5, 0.6) is 0 Å². The Hall–Kier alpha value is -1.27. The predicted molar refractivity (Wildman–Crippen MR) is 74.7 cm³/mol. The minimum atomic E-state index is -2.42. The standard InChI is InChI=1S/C13H11ClF3NOS/c14-11-5-8(15)1-4-12(11)18-6-9-2-3-10(19-9)7-20-13(16)17/h1-5,13,18H,6-7H2. The smallest absolute Gasteiger partial charge is 0.284 e. The topological polar surface area (TPSA) is 25.2 Å². The molecule has 20 heavy (non-hydrogen) atoms. The second-order valence-electron chi connectivity index (χ2n) is 3.92. The molecule has 0 amide bonds. The van der Waals surface area contributed by atoms with Gasteiger partial charge in [-0.3, -0.25) is 0 Å². The van der Waals surface area contributed by atoms with Gasteiger partial charge in [0.15, 0.2) is 0 Å². The molecule has 2 rings (SSSR count). The van der Waals surface area contributed by atoms with E-state index in [1.54, 1.807) is 12.1 Å². The molecule has 0 bridgehead atoms. The van der Waals surface area contributed by atoms with Crippen LogP contribution in [-0.2, 0) is 12.3 Å². The molecule has 1 aromatic heterocycles. The van der Waals surface area contributed by atoms with Gasteiger partial charge >= 0.3 is 0 Å². The fraction of sp³-hybridized carbons (Fsp3) is 0.231. The molecule has 2 aromatic rings. The molecular formula is C13H11ClF3NOS. The summed E-state index contributed by atoms with van der Waals surface area (Å²) in [5, 5.41) is 3.26. The summed E-state index contributed by atoms with van der Waals surface area (Å²) in [6.07, 6.45) is 0. The van der Waals surface area contributed by atoms with Crippen LogP contribution in [0.2, 0.25) is 5.02 Å². The van der Waals surface area contributed by atoms with Gasteiger partial charge in [0.05, 0.1) is 23.0 Å². The van der Waals surface area contributed by atoms with Crippen molar-refractivity contribution in [1.82, 2.24) is 0 Å². The molecule has 0 fully saturated rings. The minimum Gasteiger partial charge on any atom is -0.463 e. The van der Waals surface area contributed by atoms with E-state index in [0.29, 0.717) is 35.5 Å². The first-order chi connectivity index (χ1) is 9.54. The molecule has 1 aromatic carbocycles. The first kappa shape index (κ1) is 15.1. The van der Waals surface area contributed by atoms with E-state index >= 15 is 0 Å². The molecule has 108 valence electrons. The second-order valence-corrected chi connectivity index (χ2v) is 5.30. The third-order valence-corrected chi connectivity index (χ3v) is 3.47. The number of rotatable bonds is 6. The molecule has 0 aliphatic carbocycles. The zero-order valence-corrected chi connectivity index (χ0v) is 11.8. The van der Waals surface area contributed by atoms with Gasteiger partial charge in [0.1, 0.15) is 17.3 Å². The first-order valence-electron chi connectivity index (χ1n) is 5.71. The van der Waals surface area contributed by atoms with Crippen molar-refractivity contribution < 1.29 is 17.6 Å². The van der Waals surface area contributed by atoms with E-state index in [1.165, 1.54) is 18.2 Å². The molecule has 0 aliphatic rings. The van der Waals surface area contributed by atoms with Gasteiger partial charge in [0.25, 0.3) is 5.76 Å². The highest BCUT2D eigenvalue weighted by Crippen LogP contribution is 2.24. The maximum atomic E-state index is 12.9. The Bertz CT molecular complexity index is 576. The Morgan fingerprint density at radius 3 is 2.65 bits per heavy atom. The number of nitrogens with one attached hydrogen (secondary N) is 1. The number of thioether (sulfide) groups is 1. The molecule has 0 saturated carbocycles. The van der Waals surface area contributed by atoms with E-state index in [0.717, 1.165) is 0 Å². The molecule has 0 unspecified atom stereocenters. The Balaban J connectivity index is 1.90. The highest BCUT2D eigenvalue weighted by atomic mass is 35.5. The van der Waals surface area contributed by atoms with Crippen LogP contribution in [0.15, 0.2) is 34.7 Å². The molecular weight excluding hydrogens is 311 g/mol. The van der Waals surface area contributed by atoms with Crippen molar-refractivity contribution in [2.24, 2.45) is 0 Å². The minimum absolute atomic E-state index is 0.120. The van der Waals surface area contributed by atoms with Crippen molar-refractivity contribution in [3.05, 3.63) is 52.7 Å². The lowest BCUT2D eigenvalue weighted by Gasteiger charge is -2.06. The van der Waals surface area contributed by atoms with Crippen LogP contribution >= 0.6 is 23.4 Å². The second kappa shape index (κ2) is 6.95. The van der Waals surface area contributed by atoms with Gasteiger partial charge in [0.2, 0.25) is 0 Å². The Morgan fingerprint density at radius 1 is 1.20 bits per heavy atom. The number of anilines is 1. The first-order valence-corrected chi connectivity index (χ1v) is 7.13. The molecule has 7 heteroatoms. The largest absolute Gasteiger partial charge is 0.463 e. The highest BCUT2D eigenvalue weighted by Gasteiger charge is 2.08. The number of hydrogen-bond donors (Lipinski definition) is 1. The summed E-state index contributed by atoms with van der Waals surface area (Å²) in [4.78, 5) is 0. The average molecular weight is 322 g/mol. The van der Waals surface area contributed by atoms with Crippen molar-refractivity contribution in [2.45, 2.75) is 18.1 Å². The monoisotopic (exact) mass is 321 g/mol. The van der Waals surface area contributed by atoms with Crippen molar-refractivity contribution >= 4 is 29.1 Å². The Labute approximate surface area is 123 Å². The van der Waals surface area contributed by atoms with E-state index in [2.05, 4.69) is 5.32 Å². The van der Waals surface area contributed by atoms with Crippen molar-refractivity contribution in [3.8, 4) is 0 Å². The van der Waals surface area contributed by atoms with E-state index in [-0.39, 0.29) is 10.8 Å². The van der Waals surface area contributed by atoms with Gasteiger partial charge in [-0.25, -0.2) is 4.39 Å². The maximum Gasteiger partial charge on any atom is 0.284 e. The summed E-state index contributed by atoms with van der Waals surface area (Å²) in [7, 11) is 0. The Morgan fingerprint density at radius 2 is 1.95 bits per heavy atom. The summed E-state index contributed by atoms with van der Waals surface area (Å²) < 4.78 is 42.3. The molecule has 1 N–H and O–H groups in total. The quantitative estimate of drug-likeness (QED) is 0.797. The van der Waals surface area contributed by atoms with Crippen molar-refractivity contribution in [3.63, 3.8) is 0 Å². The normalized spacial score (nSPS) is 11.1. The third kappa shape index (κ3) is 4.38. The summed E-state index contributed by atoms with van der Waals surface area (Å²) in [6, 6.07) is 7.37. The van der Waals surface area contributed by atoms with Crippen LogP contribution in [0.4, 0.5) is 18.9 Å². The van der Waals surface area contributed by atoms with Crippen LogP contribution in [-0.4, -0.2) is 5.76 Å². The molecule has 0 aliphatic heterocycles. The fourth-order valence-corrected chi connectivity index (χ4v) is 2.23. The maximum absolute atomic E-state index is 12.9. The lowest BCUT2D eigenvalue weighted by molar-refractivity contribution is 0.251. The Kier molecular flexibility index (Phi) is 5.25. The highest BCUT2D eigenvalue weighted by molar-refractivity contribution is 7.98. The number of benzene rings is 1. The van der Waals surface area contributed by atoms with Crippen LogP contribution < -0.4 is 5.32 Å². The van der Waals surface area contributed by atoms with Gasteiger partial charge in [-0.2, -0.15) is 8.78 Å². The van der Waals surface area contributed by atoms with E-state index < -0.39 is 11.6 Å². The lowest BCUT2D eigenvalue weighted by Crippen LogP contribution is -1.98. The van der Waals surface area contributed by atoms with E-state index in [1.807, 2.05) is 0 Å². The number of alkyl halides is 2. The van der Waals surface area contributed by atoms with Crippen molar-refractivity contribution in [2.75, 3.05) is 5.32 Å². The fourth-order valence-electron chi connectivity index (χ4n) is 1.56. The molecule has 0 radical (unpaired) electrons. The average Bonchev–Trinajstić information content (AvgIpc) is 2.83. The van der Waals surface area contributed by atoms with Crippen LogP contribution in [0, 0.1) is 5.82 Å². The lowest BCUT2D eigenvalue weighted by atomic mass is 10.3. The predicted octanol–water partition coefficient (Wildman–Crippen LogP) is 5.14. The van der Waals surface area contributed by atoms with Gasteiger partial charge in [-0.15, -0.1) is 0 Å². The van der Waals surface area contributed by atoms with Gasteiger partial charge < -0.3 is 9.73 Å².